The van der Waals surface area contributed by atoms with Gasteiger partial charge in [-0.2, -0.15) is 0 Å². The van der Waals surface area contributed by atoms with Crippen LogP contribution in [0.4, 0.5) is 0 Å². The summed E-state index contributed by atoms with van der Waals surface area (Å²) in [7, 11) is 0. The van der Waals surface area contributed by atoms with Crippen molar-refractivity contribution in [2.75, 3.05) is 13.1 Å². The van der Waals surface area contributed by atoms with E-state index in [-0.39, 0.29) is 30.0 Å². The van der Waals surface area contributed by atoms with E-state index in [1.54, 1.807) is 0 Å². The van der Waals surface area contributed by atoms with Crippen LogP contribution in [-0.2, 0) is 9.53 Å². The molecule has 0 aliphatic carbocycles. The number of ether oxygens (including phenoxy) is 1. The molecule has 5 heteroatoms. The van der Waals surface area contributed by atoms with Gasteiger partial charge in [-0.25, -0.2) is 0 Å². The number of morpholine rings is 1. The van der Waals surface area contributed by atoms with Gasteiger partial charge in [0.2, 0.25) is 5.91 Å². The first-order valence-electron chi connectivity index (χ1n) is 6.44. The molecule has 1 rings (SSSR count). The third-order valence-electron chi connectivity index (χ3n) is 3.11. The largest absolute Gasteiger partial charge is 0.369 e. The molecule has 0 bridgehead atoms. The van der Waals surface area contributed by atoms with E-state index in [9.17, 15) is 4.79 Å². The van der Waals surface area contributed by atoms with E-state index in [1.165, 1.54) is 0 Å². The Morgan fingerprint density at radius 1 is 1.56 bits per heavy atom. The molecule has 1 aliphatic heterocycles. The molecule has 0 aromatic rings. The van der Waals surface area contributed by atoms with Crippen LogP contribution in [0.5, 0.6) is 0 Å². The fraction of sp³-hybridized carbons (Fsp3) is 0.923. The van der Waals surface area contributed by atoms with Crippen LogP contribution in [0.25, 0.3) is 0 Å². The van der Waals surface area contributed by atoms with Gasteiger partial charge in [-0.1, -0.05) is 13.3 Å². The number of nitrogens with zero attached hydrogens (tertiary/aromatic N) is 1. The molecule has 4 nitrogen and oxygen atoms in total. The average molecular weight is 279 g/mol. The molecule has 0 radical (unpaired) electrons. The van der Waals surface area contributed by atoms with Gasteiger partial charge in [-0.15, -0.1) is 12.4 Å². The predicted molar refractivity (Wildman–Crippen MR) is 76.0 cm³/mol. The Morgan fingerprint density at radius 3 is 2.56 bits per heavy atom. The standard InChI is InChI=1S/C13H26N2O2.ClH/c1-6-7-13(5,14)11(16)15-8-10(2)17-12(3,4)9-15;/h10H,6-9,14H2,1-5H3;1H. The summed E-state index contributed by atoms with van der Waals surface area (Å²) in [5, 5.41) is 0. The van der Waals surface area contributed by atoms with Gasteiger partial charge in [0.25, 0.3) is 0 Å². The SMILES string of the molecule is CCCC(C)(N)C(=O)N1CC(C)OC(C)(C)C1.Cl. The van der Waals surface area contributed by atoms with Crippen molar-refractivity contribution in [3.05, 3.63) is 0 Å². The molecule has 1 fully saturated rings. The van der Waals surface area contributed by atoms with E-state index in [2.05, 4.69) is 0 Å². The van der Waals surface area contributed by atoms with Crippen molar-refractivity contribution in [3.63, 3.8) is 0 Å². The van der Waals surface area contributed by atoms with Crippen molar-refractivity contribution in [2.24, 2.45) is 5.73 Å². The third-order valence-corrected chi connectivity index (χ3v) is 3.11. The molecule has 1 saturated heterocycles. The highest BCUT2D eigenvalue weighted by Gasteiger charge is 2.39. The quantitative estimate of drug-likeness (QED) is 0.858. The summed E-state index contributed by atoms with van der Waals surface area (Å²) in [6.45, 7) is 11.1. The lowest BCUT2D eigenvalue weighted by molar-refractivity contribution is -0.162. The second kappa shape index (κ2) is 6.22. The van der Waals surface area contributed by atoms with Crippen molar-refractivity contribution in [2.45, 2.75) is 64.7 Å². The van der Waals surface area contributed by atoms with Crippen molar-refractivity contribution in [3.8, 4) is 0 Å². The van der Waals surface area contributed by atoms with E-state index >= 15 is 0 Å². The predicted octanol–water partition coefficient (Wildman–Crippen LogP) is 1.95. The lowest BCUT2D eigenvalue weighted by Crippen LogP contribution is -2.61. The van der Waals surface area contributed by atoms with Gasteiger partial charge in [-0.05, 0) is 34.1 Å². The maximum atomic E-state index is 12.4. The van der Waals surface area contributed by atoms with Crippen molar-refractivity contribution < 1.29 is 9.53 Å². The third kappa shape index (κ3) is 4.41. The maximum Gasteiger partial charge on any atom is 0.242 e. The smallest absolute Gasteiger partial charge is 0.242 e. The molecular weight excluding hydrogens is 252 g/mol. The summed E-state index contributed by atoms with van der Waals surface area (Å²) in [6, 6.07) is 0. The Bertz CT molecular complexity index is 293. The molecular formula is C13H27ClN2O2. The Labute approximate surface area is 117 Å². The Morgan fingerprint density at radius 2 is 2.11 bits per heavy atom. The summed E-state index contributed by atoms with van der Waals surface area (Å²) < 4.78 is 5.79. The first-order chi connectivity index (χ1) is 7.68. The van der Waals surface area contributed by atoms with Gasteiger partial charge in [-0.3, -0.25) is 4.79 Å². The number of halogens is 1. The number of carbonyl (C=O) groups excluding carboxylic acids is 1. The molecule has 108 valence electrons. The fourth-order valence-electron chi connectivity index (χ4n) is 2.60. The van der Waals surface area contributed by atoms with Gasteiger partial charge in [0.1, 0.15) is 0 Å². The molecule has 1 amide bonds. The van der Waals surface area contributed by atoms with Crippen LogP contribution in [0.1, 0.15) is 47.5 Å². The van der Waals surface area contributed by atoms with Gasteiger partial charge < -0.3 is 15.4 Å². The van der Waals surface area contributed by atoms with Gasteiger partial charge in [0, 0.05) is 13.1 Å². The molecule has 2 unspecified atom stereocenters. The molecule has 18 heavy (non-hydrogen) atoms. The number of rotatable bonds is 3. The summed E-state index contributed by atoms with van der Waals surface area (Å²) in [6.07, 6.45) is 1.71. The Balaban J connectivity index is 0.00000289. The van der Waals surface area contributed by atoms with Crippen LogP contribution in [0.15, 0.2) is 0 Å². The zero-order chi connectivity index (χ0) is 13.3. The molecule has 0 spiro atoms. The van der Waals surface area contributed by atoms with E-state index in [4.69, 9.17) is 10.5 Å². The summed E-state index contributed by atoms with van der Waals surface area (Å²) in [4.78, 5) is 14.2. The monoisotopic (exact) mass is 278 g/mol. The highest BCUT2D eigenvalue weighted by Crippen LogP contribution is 2.23. The summed E-state index contributed by atoms with van der Waals surface area (Å²) in [5.74, 6) is 0.0441. The molecule has 1 heterocycles. The number of carbonyl (C=O) groups is 1. The van der Waals surface area contributed by atoms with Crippen LogP contribution in [0, 0.1) is 0 Å². The topological polar surface area (TPSA) is 55.6 Å². The highest BCUT2D eigenvalue weighted by atomic mass is 35.5. The van der Waals surface area contributed by atoms with Crippen molar-refractivity contribution >= 4 is 18.3 Å². The molecule has 0 saturated carbocycles. The fourth-order valence-corrected chi connectivity index (χ4v) is 2.60. The molecule has 0 aromatic carbocycles. The number of amides is 1. The van der Waals surface area contributed by atoms with Crippen LogP contribution in [0.2, 0.25) is 0 Å². The second-order valence-electron chi connectivity index (χ2n) is 6.04. The summed E-state index contributed by atoms with van der Waals surface area (Å²) >= 11 is 0. The van der Waals surface area contributed by atoms with Crippen LogP contribution >= 0.6 is 12.4 Å². The van der Waals surface area contributed by atoms with E-state index in [1.807, 2.05) is 39.5 Å². The minimum atomic E-state index is -0.748. The lowest BCUT2D eigenvalue weighted by Gasteiger charge is -2.44. The minimum absolute atomic E-state index is 0. The number of nitrogens with two attached hydrogens (primary N) is 1. The first-order valence-corrected chi connectivity index (χ1v) is 6.44. The minimum Gasteiger partial charge on any atom is -0.369 e. The Kier molecular flexibility index (Phi) is 6.11. The van der Waals surface area contributed by atoms with Crippen molar-refractivity contribution in [1.82, 2.24) is 4.90 Å². The zero-order valence-corrected chi connectivity index (χ0v) is 13.0. The highest BCUT2D eigenvalue weighted by molar-refractivity contribution is 5.86. The second-order valence-corrected chi connectivity index (χ2v) is 6.04. The number of hydrogen-bond acceptors (Lipinski definition) is 3. The van der Waals surface area contributed by atoms with E-state index < -0.39 is 5.54 Å². The average Bonchev–Trinajstić information content (AvgIpc) is 2.13. The molecule has 1 aliphatic rings. The van der Waals surface area contributed by atoms with Crippen molar-refractivity contribution in [1.29, 1.82) is 0 Å². The van der Waals surface area contributed by atoms with Crippen LogP contribution in [0.3, 0.4) is 0 Å². The Hall–Kier alpha value is -0.320. The maximum absolute atomic E-state index is 12.4. The van der Waals surface area contributed by atoms with Crippen LogP contribution < -0.4 is 5.73 Å². The van der Waals surface area contributed by atoms with E-state index in [0.29, 0.717) is 13.1 Å². The normalized spacial score (nSPS) is 26.1. The van der Waals surface area contributed by atoms with Gasteiger partial charge in [0.05, 0.1) is 17.2 Å². The van der Waals surface area contributed by atoms with Crippen LogP contribution in [-0.4, -0.2) is 41.1 Å². The van der Waals surface area contributed by atoms with Gasteiger partial charge >= 0.3 is 0 Å². The molecule has 2 N–H and O–H groups in total. The zero-order valence-electron chi connectivity index (χ0n) is 12.2. The molecule has 0 aromatic heterocycles. The first kappa shape index (κ1) is 17.7. The number of hydrogen-bond donors (Lipinski definition) is 1. The summed E-state index contributed by atoms with van der Waals surface area (Å²) in [5.41, 5.74) is 5.07. The van der Waals surface area contributed by atoms with Gasteiger partial charge in [0.15, 0.2) is 0 Å². The van der Waals surface area contributed by atoms with E-state index in [0.717, 1.165) is 12.8 Å². The molecule has 2 atom stereocenters. The lowest BCUT2D eigenvalue weighted by atomic mass is 9.94.